The lowest BCUT2D eigenvalue weighted by Crippen LogP contribution is -2.48. The fourth-order valence-electron chi connectivity index (χ4n) is 4.21. The molecule has 28 heavy (non-hydrogen) atoms. The number of benzene rings is 1. The Morgan fingerprint density at radius 2 is 1.82 bits per heavy atom. The Kier molecular flexibility index (Phi) is 7.93. The van der Waals surface area contributed by atoms with E-state index in [9.17, 15) is 4.79 Å². The minimum absolute atomic E-state index is 0. The lowest BCUT2D eigenvalue weighted by molar-refractivity contribution is -0.132. The van der Waals surface area contributed by atoms with Crippen LogP contribution in [0, 0.1) is 6.92 Å². The van der Waals surface area contributed by atoms with Crippen LogP contribution in [0.25, 0.3) is 11.3 Å². The van der Waals surface area contributed by atoms with Gasteiger partial charge < -0.3 is 14.6 Å². The van der Waals surface area contributed by atoms with Crippen molar-refractivity contribution >= 4 is 30.7 Å². The van der Waals surface area contributed by atoms with Crippen LogP contribution < -0.4 is 5.32 Å². The third-order valence-electron chi connectivity index (χ3n) is 5.83. The third-order valence-corrected chi connectivity index (χ3v) is 5.83. The second kappa shape index (κ2) is 9.77. The van der Waals surface area contributed by atoms with Gasteiger partial charge in [0.1, 0.15) is 0 Å². The van der Waals surface area contributed by atoms with E-state index in [-0.39, 0.29) is 30.7 Å². The summed E-state index contributed by atoms with van der Waals surface area (Å²) in [4.78, 5) is 18.9. The Morgan fingerprint density at radius 3 is 2.46 bits per heavy atom. The first-order valence-electron chi connectivity index (χ1n) is 9.62. The van der Waals surface area contributed by atoms with Gasteiger partial charge in [-0.1, -0.05) is 29.8 Å². The van der Waals surface area contributed by atoms with Gasteiger partial charge in [-0.05, 0) is 32.6 Å². The number of nitrogens with zero attached hydrogens (tertiary/aromatic N) is 2. The monoisotopic (exact) mass is 425 g/mol. The van der Waals surface area contributed by atoms with Crippen molar-refractivity contribution in [2.45, 2.75) is 63.6 Å². The number of oxazole rings is 1. The number of aryl methyl sites for hydroxylation is 2. The highest BCUT2D eigenvalue weighted by molar-refractivity contribution is 5.85. The first-order chi connectivity index (χ1) is 12.6. The lowest BCUT2D eigenvalue weighted by atomic mass is 9.98. The Balaban J connectivity index is 0.00000140. The SMILES string of the molecule is Cc1ccc(-c2cnc(CCC(=O)N(C)C3CC4CCC(C3)N4)o2)cc1.Cl.Cl. The van der Waals surface area contributed by atoms with Crippen molar-refractivity contribution in [2.75, 3.05) is 7.05 Å². The van der Waals surface area contributed by atoms with Gasteiger partial charge in [0.2, 0.25) is 5.91 Å². The summed E-state index contributed by atoms with van der Waals surface area (Å²) in [7, 11) is 1.95. The van der Waals surface area contributed by atoms with Crippen LogP contribution in [0.15, 0.2) is 34.9 Å². The van der Waals surface area contributed by atoms with Crippen molar-refractivity contribution in [1.82, 2.24) is 15.2 Å². The molecule has 4 rings (SSSR count). The molecule has 0 spiro atoms. The molecule has 0 aliphatic carbocycles. The topological polar surface area (TPSA) is 58.4 Å². The number of nitrogens with one attached hydrogen (secondary N) is 1. The number of carbonyl (C=O) groups is 1. The van der Waals surface area contributed by atoms with E-state index in [1.165, 1.54) is 18.4 Å². The molecule has 2 bridgehead atoms. The summed E-state index contributed by atoms with van der Waals surface area (Å²) in [5.41, 5.74) is 2.23. The van der Waals surface area contributed by atoms with Crippen molar-refractivity contribution in [2.24, 2.45) is 0 Å². The van der Waals surface area contributed by atoms with E-state index < -0.39 is 0 Å². The number of halogens is 2. The normalized spacial score (nSPS) is 22.9. The predicted octanol–water partition coefficient (Wildman–Crippen LogP) is 4.17. The maximum atomic E-state index is 12.6. The molecule has 2 aliphatic rings. The number of carbonyl (C=O) groups excluding carboxylic acids is 1. The summed E-state index contributed by atoms with van der Waals surface area (Å²) in [6.07, 6.45) is 7.41. The molecule has 1 aromatic heterocycles. The van der Waals surface area contributed by atoms with Gasteiger partial charge in [0.15, 0.2) is 11.7 Å². The zero-order valence-electron chi connectivity index (χ0n) is 16.4. The quantitative estimate of drug-likeness (QED) is 0.780. The summed E-state index contributed by atoms with van der Waals surface area (Å²) in [6.45, 7) is 2.06. The summed E-state index contributed by atoms with van der Waals surface area (Å²) in [5, 5.41) is 3.63. The molecular weight excluding hydrogens is 397 g/mol. The molecule has 5 nitrogen and oxygen atoms in total. The zero-order valence-corrected chi connectivity index (χ0v) is 18.0. The Bertz CT molecular complexity index is 766. The first-order valence-corrected chi connectivity index (χ1v) is 9.62. The number of piperidine rings is 1. The van der Waals surface area contributed by atoms with Crippen LogP contribution in [0.4, 0.5) is 0 Å². The van der Waals surface area contributed by atoms with Crippen LogP contribution in [-0.4, -0.2) is 41.0 Å². The fourth-order valence-corrected chi connectivity index (χ4v) is 4.21. The highest BCUT2D eigenvalue weighted by Crippen LogP contribution is 2.29. The van der Waals surface area contributed by atoms with Gasteiger partial charge in [0, 0.05) is 43.6 Å². The fraction of sp³-hybridized carbons (Fsp3) is 0.524. The van der Waals surface area contributed by atoms with Crippen LogP contribution in [0.1, 0.15) is 43.6 Å². The van der Waals surface area contributed by atoms with Gasteiger partial charge >= 0.3 is 0 Å². The van der Waals surface area contributed by atoms with Crippen LogP contribution >= 0.6 is 24.8 Å². The molecular formula is C21H29Cl2N3O2. The number of aromatic nitrogens is 1. The zero-order chi connectivity index (χ0) is 18.1. The van der Waals surface area contributed by atoms with Crippen molar-refractivity contribution in [3.63, 3.8) is 0 Å². The van der Waals surface area contributed by atoms with Crippen molar-refractivity contribution in [1.29, 1.82) is 0 Å². The average Bonchev–Trinajstić information content (AvgIpc) is 3.26. The number of hydrogen-bond acceptors (Lipinski definition) is 4. The second-order valence-corrected chi connectivity index (χ2v) is 7.75. The van der Waals surface area contributed by atoms with Crippen LogP contribution in [0.5, 0.6) is 0 Å². The number of amides is 1. The summed E-state index contributed by atoms with van der Waals surface area (Å²) < 4.78 is 5.84. The minimum Gasteiger partial charge on any atom is -0.441 e. The molecule has 1 aromatic carbocycles. The molecule has 2 aromatic rings. The van der Waals surface area contributed by atoms with Gasteiger partial charge in [0.25, 0.3) is 0 Å². The van der Waals surface area contributed by atoms with Crippen LogP contribution in [0.2, 0.25) is 0 Å². The molecule has 2 atom stereocenters. The molecule has 154 valence electrons. The van der Waals surface area contributed by atoms with Gasteiger partial charge in [-0.3, -0.25) is 4.79 Å². The van der Waals surface area contributed by atoms with E-state index >= 15 is 0 Å². The van der Waals surface area contributed by atoms with Gasteiger partial charge in [-0.2, -0.15) is 0 Å². The van der Waals surface area contributed by atoms with E-state index in [4.69, 9.17) is 4.42 Å². The predicted molar refractivity (Wildman–Crippen MR) is 115 cm³/mol. The number of hydrogen-bond donors (Lipinski definition) is 1. The summed E-state index contributed by atoms with van der Waals surface area (Å²) >= 11 is 0. The maximum Gasteiger partial charge on any atom is 0.223 e. The summed E-state index contributed by atoms with van der Waals surface area (Å²) in [6, 6.07) is 9.74. The highest BCUT2D eigenvalue weighted by atomic mass is 35.5. The smallest absolute Gasteiger partial charge is 0.223 e. The van der Waals surface area contributed by atoms with E-state index in [0.717, 1.165) is 24.2 Å². The molecule has 0 radical (unpaired) electrons. The minimum atomic E-state index is 0. The van der Waals surface area contributed by atoms with Crippen molar-refractivity contribution < 1.29 is 9.21 Å². The van der Waals surface area contributed by atoms with Crippen LogP contribution in [-0.2, 0) is 11.2 Å². The van der Waals surface area contributed by atoms with E-state index in [0.29, 0.717) is 36.9 Å². The number of fused-ring (bicyclic) bond motifs is 2. The molecule has 2 aliphatic heterocycles. The average molecular weight is 426 g/mol. The third kappa shape index (κ3) is 5.07. The Labute approximate surface area is 179 Å². The van der Waals surface area contributed by atoms with Gasteiger partial charge in [0.05, 0.1) is 6.20 Å². The standard InChI is InChI=1S/C21H27N3O2.2ClH/c1-14-3-5-15(6-4-14)19-13-22-20(26-19)9-10-21(25)24(2)18-11-16-7-8-17(12-18)23-16;;/h3-6,13,16-18,23H,7-12H2,1-2H3;2*1H. The Morgan fingerprint density at radius 1 is 1.18 bits per heavy atom. The maximum absolute atomic E-state index is 12.6. The second-order valence-electron chi connectivity index (χ2n) is 7.75. The molecule has 0 saturated carbocycles. The van der Waals surface area contributed by atoms with Gasteiger partial charge in [-0.15, -0.1) is 24.8 Å². The molecule has 1 amide bonds. The van der Waals surface area contributed by atoms with Gasteiger partial charge in [-0.25, -0.2) is 4.98 Å². The molecule has 3 heterocycles. The molecule has 1 N–H and O–H groups in total. The highest BCUT2D eigenvalue weighted by Gasteiger charge is 2.36. The largest absolute Gasteiger partial charge is 0.441 e. The molecule has 2 saturated heterocycles. The van der Waals surface area contributed by atoms with E-state index in [1.54, 1.807) is 6.20 Å². The lowest BCUT2D eigenvalue weighted by Gasteiger charge is -2.35. The van der Waals surface area contributed by atoms with Crippen molar-refractivity contribution in [3.8, 4) is 11.3 Å². The first kappa shape index (κ1) is 22.7. The summed E-state index contributed by atoms with van der Waals surface area (Å²) in [5.74, 6) is 1.58. The Hall–Kier alpha value is -1.56. The molecule has 2 unspecified atom stereocenters. The molecule has 7 heteroatoms. The van der Waals surface area contributed by atoms with Crippen LogP contribution in [0.3, 0.4) is 0 Å². The van der Waals surface area contributed by atoms with Crippen molar-refractivity contribution in [3.05, 3.63) is 41.9 Å². The molecule has 2 fully saturated rings. The van der Waals surface area contributed by atoms with E-state index in [1.807, 2.05) is 24.1 Å². The number of rotatable bonds is 5. The van der Waals surface area contributed by atoms with E-state index in [2.05, 4.69) is 29.4 Å².